The zero-order valence-corrected chi connectivity index (χ0v) is 10.7. The van der Waals surface area contributed by atoms with Gasteiger partial charge in [0.15, 0.2) is 0 Å². The van der Waals surface area contributed by atoms with E-state index in [9.17, 15) is 4.55 Å². The molecule has 4 nitrogen and oxygen atoms in total. The zero-order valence-electron chi connectivity index (χ0n) is 9.93. The first-order valence-electron chi connectivity index (χ1n) is 4.90. The SMILES string of the molecule is COc1cccnc1C=N[S+]([O-])C(C)(C)C. The van der Waals surface area contributed by atoms with Gasteiger partial charge in [-0.25, -0.2) is 0 Å². The average Bonchev–Trinajstić information content (AvgIpc) is 2.24. The Morgan fingerprint density at radius 2 is 2.19 bits per heavy atom. The molecule has 0 saturated heterocycles. The normalized spacial score (nSPS) is 14.1. The lowest BCUT2D eigenvalue weighted by Crippen LogP contribution is -2.25. The van der Waals surface area contributed by atoms with Crippen LogP contribution >= 0.6 is 0 Å². The van der Waals surface area contributed by atoms with Crippen LogP contribution in [-0.2, 0) is 11.4 Å². The molecule has 0 aliphatic rings. The van der Waals surface area contributed by atoms with Crippen molar-refractivity contribution in [3.05, 3.63) is 24.0 Å². The van der Waals surface area contributed by atoms with E-state index in [0.29, 0.717) is 11.4 Å². The maximum Gasteiger partial charge on any atom is 0.146 e. The van der Waals surface area contributed by atoms with Gasteiger partial charge in [0.25, 0.3) is 0 Å². The third-order valence-corrected chi connectivity index (χ3v) is 3.16. The first kappa shape index (κ1) is 13.0. The molecule has 0 amide bonds. The van der Waals surface area contributed by atoms with Gasteiger partial charge in [0.05, 0.1) is 7.11 Å². The van der Waals surface area contributed by atoms with Crippen LogP contribution in [0.15, 0.2) is 22.7 Å². The van der Waals surface area contributed by atoms with E-state index in [1.807, 2.05) is 20.8 Å². The predicted octanol–water partition coefficient (Wildman–Crippen LogP) is 1.97. The second-order valence-corrected chi connectivity index (χ2v) is 6.12. The van der Waals surface area contributed by atoms with Crippen molar-refractivity contribution < 1.29 is 9.29 Å². The largest absolute Gasteiger partial charge is 0.591 e. The highest BCUT2D eigenvalue weighted by Crippen LogP contribution is 2.18. The molecule has 16 heavy (non-hydrogen) atoms. The second-order valence-electron chi connectivity index (χ2n) is 4.19. The summed E-state index contributed by atoms with van der Waals surface area (Å²) in [6.45, 7) is 5.61. The molecule has 0 aliphatic heterocycles. The summed E-state index contributed by atoms with van der Waals surface area (Å²) in [5.41, 5.74) is 0.586. The standard InChI is InChI=1S/C11H16N2O2S/c1-11(2,3)16(14)13-8-9-10(15-4)6-5-7-12-9/h5-8H,1-4H3. The van der Waals surface area contributed by atoms with Crippen LogP contribution in [0.4, 0.5) is 0 Å². The maximum absolute atomic E-state index is 11.7. The Morgan fingerprint density at radius 1 is 1.50 bits per heavy atom. The van der Waals surface area contributed by atoms with Crippen LogP contribution in [0.5, 0.6) is 5.75 Å². The highest BCUT2D eigenvalue weighted by atomic mass is 32.2. The third-order valence-electron chi connectivity index (χ3n) is 1.81. The summed E-state index contributed by atoms with van der Waals surface area (Å²) < 4.78 is 20.4. The van der Waals surface area contributed by atoms with Crippen molar-refractivity contribution in [3.8, 4) is 5.75 Å². The molecule has 0 saturated carbocycles. The van der Waals surface area contributed by atoms with Crippen LogP contribution in [0.1, 0.15) is 26.5 Å². The van der Waals surface area contributed by atoms with Gasteiger partial charge in [-0.3, -0.25) is 4.98 Å². The fourth-order valence-electron chi connectivity index (χ4n) is 0.928. The molecule has 0 fully saturated rings. The van der Waals surface area contributed by atoms with Crippen LogP contribution < -0.4 is 4.74 Å². The molecule has 1 aromatic heterocycles. The molecule has 0 bridgehead atoms. The highest BCUT2D eigenvalue weighted by molar-refractivity contribution is 7.91. The van der Waals surface area contributed by atoms with Crippen molar-refractivity contribution in [2.24, 2.45) is 4.40 Å². The number of nitrogens with zero attached hydrogens (tertiary/aromatic N) is 2. The van der Waals surface area contributed by atoms with Crippen molar-refractivity contribution in [2.75, 3.05) is 7.11 Å². The van der Waals surface area contributed by atoms with E-state index >= 15 is 0 Å². The molecule has 5 heteroatoms. The molecule has 1 aromatic rings. The predicted molar refractivity (Wildman–Crippen MR) is 66.3 cm³/mol. The fourth-order valence-corrected chi connectivity index (χ4v) is 1.44. The molecule has 1 heterocycles. The van der Waals surface area contributed by atoms with E-state index in [4.69, 9.17) is 4.74 Å². The first-order valence-corrected chi connectivity index (χ1v) is 6.01. The zero-order chi connectivity index (χ0) is 12.2. The van der Waals surface area contributed by atoms with E-state index in [1.165, 1.54) is 6.21 Å². The summed E-state index contributed by atoms with van der Waals surface area (Å²) >= 11 is -1.27. The van der Waals surface area contributed by atoms with Gasteiger partial charge < -0.3 is 9.29 Å². The minimum Gasteiger partial charge on any atom is -0.591 e. The minimum atomic E-state index is -1.27. The van der Waals surface area contributed by atoms with Crippen molar-refractivity contribution in [3.63, 3.8) is 0 Å². The number of methoxy groups -OCH3 is 1. The van der Waals surface area contributed by atoms with Gasteiger partial charge in [0.1, 0.15) is 33.8 Å². The lowest BCUT2D eigenvalue weighted by atomic mass is 10.3. The molecule has 0 aliphatic carbocycles. The van der Waals surface area contributed by atoms with Crippen molar-refractivity contribution in [2.45, 2.75) is 25.5 Å². The van der Waals surface area contributed by atoms with E-state index < -0.39 is 11.4 Å². The third kappa shape index (κ3) is 3.50. The Bertz CT molecular complexity index is 374. The molecule has 0 aromatic carbocycles. The summed E-state index contributed by atoms with van der Waals surface area (Å²) in [7, 11) is 1.56. The molecule has 0 N–H and O–H groups in total. The highest BCUT2D eigenvalue weighted by Gasteiger charge is 2.25. The Kier molecular flexibility index (Phi) is 4.32. The number of pyridine rings is 1. The molecule has 88 valence electrons. The lowest BCUT2D eigenvalue weighted by Gasteiger charge is -2.17. The summed E-state index contributed by atoms with van der Waals surface area (Å²) in [4.78, 5) is 4.09. The van der Waals surface area contributed by atoms with Crippen LogP contribution in [0.3, 0.4) is 0 Å². The number of ether oxygens (including phenoxy) is 1. The quantitative estimate of drug-likeness (QED) is 0.599. The summed E-state index contributed by atoms with van der Waals surface area (Å²) in [5, 5.41) is 0. The Balaban J connectivity index is 2.84. The van der Waals surface area contributed by atoms with Gasteiger partial charge in [-0.2, -0.15) is 0 Å². The van der Waals surface area contributed by atoms with Gasteiger partial charge in [-0.15, -0.1) is 0 Å². The minimum absolute atomic E-state index is 0.363. The van der Waals surface area contributed by atoms with Gasteiger partial charge in [0, 0.05) is 6.20 Å². The van der Waals surface area contributed by atoms with E-state index in [-0.39, 0.29) is 4.75 Å². The summed E-state index contributed by atoms with van der Waals surface area (Å²) in [6, 6.07) is 3.56. The molecule has 1 unspecified atom stereocenters. The molecule has 1 rings (SSSR count). The van der Waals surface area contributed by atoms with E-state index in [1.54, 1.807) is 25.4 Å². The summed E-state index contributed by atoms with van der Waals surface area (Å²) in [6.07, 6.45) is 3.13. The van der Waals surface area contributed by atoms with Gasteiger partial charge in [-0.1, -0.05) is 4.40 Å². The summed E-state index contributed by atoms with van der Waals surface area (Å²) in [5.74, 6) is 0.622. The Labute approximate surface area is 99.1 Å². The van der Waals surface area contributed by atoms with Crippen molar-refractivity contribution >= 4 is 17.6 Å². The molecule has 0 radical (unpaired) electrons. The van der Waals surface area contributed by atoms with E-state index in [2.05, 4.69) is 9.38 Å². The lowest BCUT2D eigenvalue weighted by molar-refractivity contribution is 0.412. The first-order chi connectivity index (χ1) is 7.45. The number of hydrogen-bond donors (Lipinski definition) is 0. The van der Waals surface area contributed by atoms with Crippen LogP contribution in [-0.4, -0.2) is 27.6 Å². The van der Waals surface area contributed by atoms with Crippen LogP contribution in [0.25, 0.3) is 0 Å². The van der Waals surface area contributed by atoms with Crippen molar-refractivity contribution in [1.29, 1.82) is 0 Å². The van der Waals surface area contributed by atoms with Crippen LogP contribution in [0, 0.1) is 0 Å². The topological polar surface area (TPSA) is 57.5 Å². The number of aromatic nitrogens is 1. The van der Waals surface area contributed by atoms with Crippen molar-refractivity contribution in [1.82, 2.24) is 4.98 Å². The van der Waals surface area contributed by atoms with E-state index in [0.717, 1.165) is 0 Å². The number of hydrogen-bond acceptors (Lipinski definition) is 4. The van der Waals surface area contributed by atoms with Gasteiger partial charge in [0.2, 0.25) is 0 Å². The monoisotopic (exact) mass is 240 g/mol. The smallest absolute Gasteiger partial charge is 0.146 e. The molecule has 0 spiro atoms. The Hall–Kier alpha value is -1.07. The fraction of sp³-hybridized carbons (Fsp3) is 0.455. The second kappa shape index (κ2) is 5.32. The van der Waals surface area contributed by atoms with Crippen LogP contribution in [0.2, 0.25) is 0 Å². The molecular formula is C11H16N2O2S. The molecule has 1 atom stereocenters. The maximum atomic E-state index is 11.7. The molecular weight excluding hydrogens is 224 g/mol. The van der Waals surface area contributed by atoms with Gasteiger partial charge in [-0.05, 0) is 32.9 Å². The van der Waals surface area contributed by atoms with Gasteiger partial charge >= 0.3 is 0 Å². The number of rotatable bonds is 3. The average molecular weight is 240 g/mol. The Morgan fingerprint density at radius 3 is 2.75 bits per heavy atom.